The van der Waals surface area contributed by atoms with Gasteiger partial charge in [0.1, 0.15) is 23.8 Å². The van der Waals surface area contributed by atoms with Crippen molar-refractivity contribution in [3.63, 3.8) is 0 Å². The Morgan fingerprint density at radius 3 is 2.33 bits per heavy atom. The predicted octanol–water partition coefficient (Wildman–Crippen LogP) is 6.13. The minimum Gasteiger partial charge on any atom is -0.401 e. The molecule has 1 aromatic carbocycles. The van der Waals surface area contributed by atoms with Gasteiger partial charge in [-0.05, 0) is 56.2 Å². The minimum atomic E-state index is -4.32. The number of phosphoric acid groups is 1. The van der Waals surface area contributed by atoms with Crippen LogP contribution >= 0.6 is 7.82 Å². The van der Waals surface area contributed by atoms with Gasteiger partial charge >= 0.3 is 7.82 Å². The number of hydrogen-bond acceptors (Lipinski definition) is 12. The number of aliphatic hydroxyl groups excluding tert-OH is 1. The lowest BCUT2D eigenvalue weighted by atomic mass is 9.84. The van der Waals surface area contributed by atoms with Gasteiger partial charge in [0.25, 0.3) is 6.43 Å². The van der Waals surface area contributed by atoms with Crippen LogP contribution in [-0.2, 0) is 20.2 Å². The molecule has 13 nitrogen and oxygen atoms in total. The number of rotatable bonds is 12. The minimum absolute atomic E-state index is 0.0384. The number of halogens is 4. The van der Waals surface area contributed by atoms with Crippen LogP contribution in [0.3, 0.4) is 0 Å². The molecule has 0 unspecified atom stereocenters. The van der Waals surface area contributed by atoms with Gasteiger partial charge < -0.3 is 30.6 Å². The summed E-state index contributed by atoms with van der Waals surface area (Å²) >= 11 is 0. The van der Waals surface area contributed by atoms with Gasteiger partial charge in [-0.25, -0.2) is 37.1 Å². The summed E-state index contributed by atoms with van der Waals surface area (Å²) in [5.74, 6) is -2.38. The van der Waals surface area contributed by atoms with E-state index in [2.05, 4.69) is 19.9 Å². The topological polar surface area (TPSA) is 177 Å². The van der Waals surface area contributed by atoms with Crippen molar-refractivity contribution in [3.05, 3.63) is 54.2 Å². The smallest absolute Gasteiger partial charge is 0.401 e. The molecule has 1 aliphatic heterocycles. The summed E-state index contributed by atoms with van der Waals surface area (Å²) in [5, 5.41) is 10.3. The second kappa shape index (κ2) is 14.9. The first-order valence-electron chi connectivity index (χ1n) is 17.5. The number of aliphatic hydroxyl groups is 1. The highest BCUT2D eigenvalue weighted by atomic mass is 31.2. The molecule has 0 radical (unpaired) electrons. The summed E-state index contributed by atoms with van der Waals surface area (Å²) < 4.78 is 91.7. The number of phosphoric ester groups is 1. The number of nitrogen functional groups attached to an aromatic ring is 1. The summed E-state index contributed by atoms with van der Waals surface area (Å²) in [6.45, 7) is 0.367. The quantitative estimate of drug-likeness (QED) is 0.112. The number of benzene rings is 1. The van der Waals surface area contributed by atoms with Gasteiger partial charge in [-0.2, -0.15) is 0 Å². The first kappa shape index (κ1) is 36.5. The molecule has 3 aromatic heterocycles. The van der Waals surface area contributed by atoms with Crippen LogP contribution in [0.4, 0.5) is 29.1 Å². The Morgan fingerprint density at radius 2 is 1.65 bits per heavy atom. The number of anilines is 2. The van der Waals surface area contributed by atoms with Crippen molar-refractivity contribution in [1.82, 2.24) is 24.5 Å². The SMILES string of the molecule is Nc1ncnc2c1ncn2Cc1cc(-c2cc(F)c(OP(=O)(OC3CCCC3)OC3CCCC3)cc2F)ncc1N1CCC[C@](N)([C@H](O)C(F)F)C1. The van der Waals surface area contributed by atoms with Crippen LogP contribution in [0.25, 0.3) is 22.4 Å². The molecule has 0 bridgehead atoms. The van der Waals surface area contributed by atoms with Crippen molar-refractivity contribution in [2.75, 3.05) is 23.7 Å². The maximum absolute atomic E-state index is 16.0. The third-order valence-corrected chi connectivity index (χ3v) is 11.7. The summed E-state index contributed by atoms with van der Waals surface area (Å²) in [5.41, 5.74) is 12.3. The van der Waals surface area contributed by atoms with Crippen LogP contribution in [0.15, 0.2) is 37.1 Å². The number of hydrogen-bond donors (Lipinski definition) is 3. The Hall–Kier alpha value is -3.89. The molecule has 4 heterocycles. The molecule has 4 aromatic rings. The number of piperidine rings is 1. The molecule has 1 saturated heterocycles. The summed E-state index contributed by atoms with van der Waals surface area (Å²) in [7, 11) is -4.32. The van der Waals surface area contributed by atoms with Crippen LogP contribution in [0, 0.1) is 11.6 Å². The Morgan fingerprint density at radius 1 is 0.962 bits per heavy atom. The Labute approximate surface area is 297 Å². The lowest BCUT2D eigenvalue weighted by Crippen LogP contribution is -2.63. The fraction of sp³-hybridized carbons (Fsp3) is 0.529. The number of aromatic nitrogens is 5. The molecule has 2 saturated carbocycles. The number of alkyl halides is 2. The molecule has 3 aliphatic rings. The number of pyridine rings is 1. The van der Waals surface area contributed by atoms with Crippen molar-refractivity contribution in [1.29, 1.82) is 0 Å². The first-order chi connectivity index (χ1) is 24.9. The van der Waals surface area contributed by atoms with Gasteiger partial charge in [0, 0.05) is 24.7 Å². The van der Waals surface area contributed by atoms with Crippen molar-refractivity contribution in [2.24, 2.45) is 5.73 Å². The first-order valence-corrected chi connectivity index (χ1v) is 18.9. The second-order valence-corrected chi connectivity index (χ2v) is 15.4. The Balaban J connectivity index is 1.23. The van der Waals surface area contributed by atoms with E-state index in [1.54, 1.807) is 9.47 Å². The number of nitrogens with zero attached hydrogens (tertiary/aromatic N) is 6. The predicted molar refractivity (Wildman–Crippen MR) is 184 cm³/mol. The zero-order chi connectivity index (χ0) is 36.6. The van der Waals surface area contributed by atoms with E-state index in [9.17, 15) is 18.5 Å². The largest absolute Gasteiger partial charge is 0.530 e. The number of imidazole rings is 1. The van der Waals surface area contributed by atoms with E-state index in [0.29, 0.717) is 61.1 Å². The van der Waals surface area contributed by atoms with Crippen LogP contribution < -0.4 is 20.9 Å². The van der Waals surface area contributed by atoms with Crippen molar-refractivity contribution >= 4 is 30.5 Å². The summed E-state index contributed by atoms with van der Waals surface area (Å²) in [6.07, 6.45) is 5.11. The van der Waals surface area contributed by atoms with Gasteiger partial charge in [0.2, 0.25) is 0 Å². The molecule has 52 heavy (non-hydrogen) atoms. The highest BCUT2D eigenvalue weighted by Crippen LogP contribution is 2.55. The molecule has 18 heteroatoms. The third-order valence-electron chi connectivity index (χ3n) is 10.1. The van der Waals surface area contributed by atoms with Crippen molar-refractivity contribution in [2.45, 2.75) is 101 Å². The molecule has 280 valence electrons. The van der Waals surface area contributed by atoms with Crippen molar-refractivity contribution < 1.29 is 40.8 Å². The Kier molecular flexibility index (Phi) is 10.4. The van der Waals surface area contributed by atoms with Gasteiger partial charge in [0.05, 0.1) is 48.2 Å². The fourth-order valence-electron chi connectivity index (χ4n) is 7.39. The lowest BCUT2D eigenvalue weighted by Gasteiger charge is -2.44. The zero-order valence-electron chi connectivity index (χ0n) is 28.3. The zero-order valence-corrected chi connectivity index (χ0v) is 29.2. The highest BCUT2D eigenvalue weighted by molar-refractivity contribution is 7.49. The van der Waals surface area contributed by atoms with Crippen LogP contribution in [0.2, 0.25) is 0 Å². The van der Waals surface area contributed by atoms with Crippen LogP contribution in [-0.4, -0.2) is 73.0 Å². The molecule has 3 fully saturated rings. The molecule has 5 N–H and O–H groups in total. The summed E-state index contributed by atoms with van der Waals surface area (Å²) in [6, 6.07) is 3.24. The third kappa shape index (κ3) is 7.60. The van der Waals surface area contributed by atoms with Gasteiger partial charge in [0.15, 0.2) is 23.0 Å². The highest BCUT2D eigenvalue weighted by Gasteiger charge is 2.43. The lowest BCUT2D eigenvalue weighted by molar-refractivity contribution is -0.0529. The van der Waals surface area contributed by atoms with Crippen LogP contribution in [0.1, 0.15) is 69.8 Å². The van der Waals surface area contributed by atoms with Crippen molar-refractivity contribution in [3.8, 4) is 17.0 Å². The average Bonchev–Trinajstić information content (AvgIpc) is 3.90. The van der Waals surface area contributed by atoms with E-state index >= 15 is 8.78 Å². The van der Waals surface area contributed by atoms with Gasteiger partial charge in [-0.3, -0.25) is 14.0 Å². The molecule has 2 atom stereocenters. The molecule has 2 aliphatic carbocycles. The monoisotopic (exact) mass is 748 g/mol. The van der Waals surface area contributed by atoms with Gasteiger partial charge in [-0.15, -0.1) is 0 Å². The number of fused-ring (bicyclic) bond motifs is 1. The second-order valence-electron chi connectivity index (χ2n) is 13.9. The molecule has 0 amide bonds. The molecular weight excluding hydrogens is 707 g/mol. The number of nitrogens with two attached hydrogens (primary N) is 2. The van der Waals surface area contributed by atoms with Crippen LogP contribution in [0.5, 0.6) is 5.75 Å². The van der Waals surface area contributed by atoms with Gasteiger partial charge in [-0.1, -0.05) is 25.7 Å². The average molecular weight is 749 g/mol. The van der Waals surface area contributed by atoms with E-state index in [-0.39, 0.29) is 48.8 Å². The van der Waals surface area contributed by atoms with E-state index < -0.39 is 43.3 Å². The van der Waals surface area contributed by atoms with E-state index in [4.69, 9.17) is 25.0 Å². The molecule has 0 spiro atoms. The fourth-order valence-corrected chi connectivity index (χ4v) is 9.06. The van der Waals surface area contributed by atoms with E-state index in [1.165, 1.54) is 24.9 Å². The maximum Gasteiger partial charge on any atom is 0.530 e. The maximum atomic E-state index is 16.0. The normalized spacial score (nSPS) is 21.1. The Bertz CT molecular complexity index is 1940. The van der Waals surface area contributed by atoms with E-state index in [0.717, 1.165) is 37.8 Å². The molecular formula is C34H41F4N8O5P. The summed E-state index contributed by atoms with van der Waals surface area (Å²) in [4.78, 5) is 18.8. The molecule has 7 rings (SSSR count). The standard InChI is InChI=1S/C34H41F4N8O5P/c35-24-14-28(51-52(48,49-21-6-1-2-7-21)50-22-8-3-4-9-22)25(36)13-23(24)26-12-20(16-46-19-44-29-32(39)42-18-43-33(29)46)27(15-41-26)45-11-5-10-34(40,17-45)30(47)31(37)38/h12-15,18-19,21-22,30-31,47H,1-11,16-17,40H2,(H2,39,42,43)/t30-,34-/m1/s1. The van der Waals surface area contributed by atoms with E-state index in [1.807, 2.05) is 0 Å².